The van der Waals surface area contributed by atoms with E-state index in [0.29, 0.717) is 5.56 Å². The zero-order valence-electron chi connectivity index (χ0n) is 9.27. The van der Waals surface area contributed by atoms with E-state index < -0.39 is 5.97 Å². The van der Waals surface area contributed by atoms with Crippen LogP contribution in [0.2, 0.25) is 0 Å². The number of hydrogen-bond acceptors (Lipinski definition) is 1. The van der Waals surface area contributed by atoms with E-state index in [-0.39, 0.29) is 0 Å². The molecule has 0 aliphatic rings. The molecule has 0 atom stereocenters. The first-order chi connectivity index (χ1) is 8.08. The molecule has 0 saturated carbocycles. The Morgan fingerprint density at radius 1 is 1.18 bits per heavy atom. The zero-order chi connectivity index (χ0) is 12.4. The molecular formula is C14H11BrO2. The first-order valence-electron chi connectivity index (χ1n) is 5.18. The number of rotatable bonds is 2. The number of carboxylic acid groups (broad SMARTS) is 1. The van der Waals surface area contributed by atoms with Crippen LogP contribution in [0, 0.1) is 6.92 Å². The highest BCUT2D eigenvalue weighted by atomic mass is 79.9. The lowest BCUT2D eigenvalue weighted by molar-refractivity contribution is 0.0697. The summed E-state index contributed by atoms with van der Waals surface area (Å²) in [4.78, 5) is 10.9. The van der Waals surface area contributed by atoms with Gasteiger partial charge in [0.2, 0.25) is 0 Å². The number of carbonyl (C=O) groups is 1. The van der Waals surface area contributed by atoms with Crippen LogP contribution in [0.15, 0.2) is 46.9 Å². The summed E-state index contributed by atoms with van der Waals surface area (Å²) >= 11 is 3.50. The van der Waals surface area contributed by atoms with Crippen molar-refractivity contribution in [2.75, 3.05) is 0 Å². The number of aryl methyl sites for hydroxylation is 1. The predicted octanol–water partition coefficient (Wildman–Crippen LogP) is 4.12. The lowest BCUT2D eigenvalue weighted by Crippen LogP contribution is -1.95. The van der Waals surface area contributed by atoms with E-state index in [2.05, 4.69) is 15.9 Å². The van der Waals surface area contributed by atoms with Gasteiger partial charge in [-0.25, -0.2) is 4.79 Å². The van der Waals surface area contributed by atoms with Crippen LogP contribution in [0.4, 0.5) is 0 Å². The second-order valence-corrected chi connectivity index (χ2v) is 4.72. The van der Waals surface area contributed by atoms with Crippen LogP contribution in [-0.2, 0) is 0 Å². The minimum Gasteiger partial charge on any atom is -0.478 e. The summed E-state index contributed by atoms with van der Waals surface area (Å²) in [5, 5.41) is 8.96. The Balaban J connectivity index is 2.53. The van der Waals surface area contributed by atoms with Gasteiger partial charge in [0, 0.05) is 4.47 Å². The summed E-state index contributed by atoms with van der Waals surface area (Å²) in [5.74, 6) is -0.907. The Kier molecular flexibility index (Phi) is 3.29. The molecule has 2 aromatic rings. The average molecular weight is 291 g/mol. The first-order valence-corrected chi connectivity index (χ1v) is 5.97. The maximum Gasteiger partial charge on any atom is 0.335 e. The predicted molar refractivity (Wildman–Crippen MR) is 71.3 cm³/mol. The third-order valence-corrected chi connectivity index (χ3v) is 3.20. The fraction of sp³-hybridized carbons (Fsp3) is 0.0714. The highest BCUT2D eigenvalue weighted by Crippen LogP contribution is 2.29. The normalized spacial score (nSPS) is 10.2. The molecular weight excluding hydrogens is 280 g/mol. The summed E-state index contributed by atoms with van der Waals surface area (Å²) < 4.78 is 0.972. The number of hydrogen-bond donors (Lipinski definition) is 1. The van der Waals surface area contributed by atoms with Crippen molar-refractivity contribution in [2.45, 2.75) is 6.92 Å². The fourth-order valence-corrected chi connectivity index (χ4v) is 2.40. The van der Waals surface area contributed by atoms with Crippen molar-refractivity contribution in [3.63, 3.8) is 0 Å². The van der Waals surface area contributed by atoms with Gasteiger partial charge in [-0.15, -0.1) is 0 Å². The van der Waals surface area contributed by atoms with Crippen LogP contribution in [-0.4, -0.2) is 11.1 Å². The van der Waals surface area contributed by atoms with Crippen LogP contribution in [0.5, 0.6) is 0 Å². The van der Waals surface area contributed by atoms with E-state index in [1.165, 1.54) is 0 Å². The molecule has 3 heteroatoms. The maximum absolute atomic E-state index is 10.9. The van der Waals surface area contributed by atoms with Gasteiger partial charge in [-0.1, -0.05) is 40.2 Å². The number of aromatic carboxylic acids is 1. The molecule has 0 radical (unpaired) electrons. The van der Waals surface area contributed by atoms with Crippen LogP contribution < -0.4 is 0 Å². The molecule has 0 heterocycles. The molecule has 0 saturated heterocycles. The van der Waals surface area contributed by atoms with E-state index in [0.717, 1.165) is 21.2 Å². The summed E-state index contributed by atoms with van der Waals surface area (Å²) in [6.45, 7) is 2.02. The van der Waals surface area contributed by atoms with E-state index in [1.54, 1.807) is 18.2 Å². The molecule has 0 bridgehead atoms. The standard InChI is InChI=1S/C14H11BrO2/c1-9-5-6-12(13(15)7-9)10-3-2-4-11(8-10)14(16)17/h2-8H,1H3,(H,16,17). The summed E-state index contributed by atoms with van der Waals surface area (Å²) in [6, 6.07) is 12.9. The summed E-state index contributed by atoms with van der Waals surface area (Å²) in [7, 11) is 0. The molecule has 0 unspecified atom stereocenters. The topological polar surface area (TPSA) is 37.3 Å². The van der Waals surface area contributed by atoms with Crippen molar-refractivity contribution in [3.8, 4) is 11.1 Å². The molecule has 0 fully saturated rings. The lowest BCUT2D eigenvalue weighted by Gasteiger charge is -2.06. The van der Waals surface area contributed by atoms with E-state index in [4.69, 9.17) is 5.11 Å². The van der Waals surface area contributed by atoms with Gasteiger partial charge in [0.1, 0.15) is 0 Å². The number of benzene rings is 2. The van der Waals surface area contributed by atoms with E-state index in [9.17, 15) is 4.79 Å². The molecule has 1 N–H and O–H groups in total. The molecule has 0 aromatic heterocycles. The van der Waals surface area contributed by atoms with Crippen molar-refractivity contribution in [2.24, 2.45) is 0 Å². The monoisotopic (exact) mass is 290 g/mol. The second kappa shape index (κ2) is 4.72. The van der Waals surface area contributed by atoms with Crippen molar-refractivity contribution < 1.29 is 9.90 Å². The van der Waals surface area contributed by atoms with Crippen molar-refractivity contribution >= 4 is 21.9 Å². The Labute approximate surface area is 108 Å². The smallest absolute Gasteiger partial charge is 0.335 e. The first kappa shape index (κ1) is 11.9. The van der Waals surface area contributed by atoms with Gasteiger partial charge in [0.15, 0.2) is 0 Å². The van der Waals surface area contributed by atoms with Crippen LogP contribution in [0.3, 0.4) is 0 Å². The zero-order valence-corrected chi connectivity index (χ0v) is 10.9. The van der Waals surface area contributed by atoms with Crippen molar-refractivity contribution in [3.05, 3.63) is 58.1 Å². The highest BCUT2D eigenvalue weighted by Gasteiger charge is 2.07. The molecule has 2 rings (SSSR count). The van der Waals surface area contributed by atoms with Gasteiger partial charge in [-0.3, -0.25) is 0 Å². The molecule has 0 aliphatic heterocycles. The van der Waals surface area contributed by atoms with E-state index >= 15 is 0 Å². The average Bonchev–Trinajstić information content (AvgIpc) is 2.29. The number of halogens is 1. The summed E-state index contributed by atoms with van der Waals surface area (Å²) in [5.41, 5.74) is 3.36. The van der Waals surface area contributed by atoms with Gasteiger partial charge in [0.25, 0.3) is 0 Å². The molecule has 0 aliphatic carbocycles. The molecule has 0 spiro atoms. The lowest BCUT2D eigenvalue weighted by atomic mass is 10.0. The maximum atomic E-state index is 10.9. The quantitative estimate of drug-likeness (QED) is 0.903. The third kappa shape index (κ3) is 2.56. The van der Waals surface area contributed by atoms with Crippen LogP contribution in [0.1, 0.15) is 15.9 Å². The number of carboxylic acids is 1. The third-order valence-electron chi connectivity index (χ3n) is 2.55. The molecule has 2 nitrogen and oxygen atoms in total. The van der Waals surface area contributed by atoms with Gasteiger partial charge in [0.05, 0.1) is 5.56 Å². The summed E-state index contributed by atoms with van der Waals surface area (Å²) in [6.07, 6.45) is 0. The Morgan fingerprint density at radius 2 is 1.94 bits per heavy atom. The molecule has 0 amide bonds. The Hall–Kier alpha value is -1.61. The Bertz CT molecular complexity index is 576. The van der Waals surface area contributed by atoms with Crippen molar-refractivity contribution in [1.29, 1.82) is 0 Å². The molecule has 17 heavy (non-hydrogen) atoms. The van der Waals surface area contributed by atoms with Gasteiger partial charge < -0.3 is 5.11 Å². The SMILES string of the molecule is Cc1ccc(-c2cccc(C(=O)O)c2)c(Br)c1. The van der Waals surface area contributed by atoms with Crippen LogP contribution >= 0.6 is 15.9 Å². The highest BCUT2D eigenvalue weighted by molar-refractivity contribution is 9.10. The van der Waals surface area contributed by atoms with Gasteiger partial charge in [-0.2, -0.15) is 0 Å². The van der Waals surface area contributed by atoms with Gasteiger partial charge >= 0.3 is 5.97 Å². The largest absolute Gasteiger partial charge is 0.478 e. The van der Waals surface area contributed by atoms with Crippen LogP contribution in [0.25, 0.3) is 11.1 Å². The van der Waals surface area contributed by atoms with Crippen molar-refractivity contribution in [1.82, 2.24) is 0 Å². The minimum atomic E-state index is -0.907. The minimum absolute atomic E-state index is 0.301. The molecule has 2 aromatic carbocycles. The van der Waals surface area contributed by atoms with Gasteiger partial charge in [-0.05, 0) is 41.8 Å². The van der Waals surface area contributed by atoms with E-state index in [1.807, 2.05) is 31.2 Å². The Morgan fingerprint density at radius 3 is 2.59 bits per heavy atom. The second-order valence-electron chi connectivity index (χ2n) is 3.87. The molecule has 86 valence electrons. The fourth-order valence-electron chi connectivity index (χ4n) is 1.67.